The van der Waals surface area contributed by atoms with Crippen LogP contribution >= 0.6 is 0 Å². The van der Waals surface area contributed by atoms with Crippen LogP contribution in [0.15, 0.2) is 42.6 Å². The van der Waals surface area contributed by atoms with E-state index in [1.807, 2.05) is 12.1 Å². The van der Waals surface area contributed by atoms with Crippen molar-refractivity contribution in [2.75, 3.05) is 25.0 Å². The van der Waals surface area contributed by atoms with Crippen LogP contribution in [0.3, 0.4) is 0 Å². The number of pyridine rings is 1. The van der Waals surface area contributed by atoms with Crippen LogP contribution in [-0.4, -0.2) is 24.7 Å². The van der Waals surface area contributed by atoms with Gasteiger partial charge in [-0.15, -0.1) is 0 Å². The van der Waals surface area contributed by atoms with Crippen LogP contribution in [0.2, 0.25) is 0 Å². The van der Waals surface area contributed by atoms with Gasteiger partial charge in [-0.1, -0.05) is 0 Å². The fourth-order valence-corrected chi connectivity index (χ4v) is 2.12. The highest BCUT2D eigenvalue weighted by atomic mass is 19.1. The van der Waals surface area contributed by atoms with Crippen molar-refractivity contribution in [3.8, 4) is 0 Å². The maximum atomic E-state index is 12.8. The highest BCUT2D eigenvalue weighted by Crippen LogP contribution is 2.20. The fraction of sp³-hybridized carbons (Fsp3) is 0.267. The maximum Gasteiger partial charge on any atom is 0.123 e. The molecule has 0 aliphatic carbocycles. The molecule has 1 aliphatic heterocycles. The Bertz CT molecular complexity index is 550. The highest BCUT2D eigenvalue weighted by molar-refractivity contribution is 5.58. The Morgan fingerprint density at radius 2 is 1.95 bits per heavy atom. The second-order valence-electron chi connectivity index (χ2n) is 4.67. The van der Waals surface area contributed by atoms with Crippen LogP contribution in [0.4, 0.5) is 15.8 Å². The monoisotopic (exact) mass is 273 g/mol. The lowest BCUT2D eigenvalue weighted by Gasteiger charge is -2.23. The predicted molar refractivity (Wildman–Crippen MR) is 75.5 cm³/mol. The van der Waals surface area contributed by atoms with Gasteiger partial charge in [0.05, 0.1) is 24.2 Å². The van der Waals surface area contributed by atoms with E-state index in [0.29, 0.717) is 6.61 Å². The summed E-state index contributed by atoms with van der Waals surface area (Å²) in [6, 6.07) is 10.1. The van der Waals surface area contributed by atoms with E-state index in [4.69, 9.17) is 4.74 Å². The van der Waals surface area contributed by atoms with Crippen LogP contribution in [0.1, 0.15) is 11.8 Å². The molecule has 1 saturated heterocycles. The summed E-state index contributed by atoms with van der Waals surface area (Å²) in [4.78, 5) is 4.41. The number of anilines is 2. The summed E-state index contributed by atoms with van der Waals surface area (Å²) < 4.78 is 18.5. The second kappa shape index (κ2) is 5.98. The van der Waals surface area contributed by atoms with Crippen LogP contribution in [-0.2, 0) is 4.74 Å². The fourth-order valence-electron chi connectivity index (χ4n) is 2.12. The van der Waals surface area contributed by atoms with E-state index in [9.17, 15) is 4.39 Å². The van der Waals surface area contributed by atoms with Gasteiger partial charge < -0.3 is 15.4 Å². The van der Waals surface area contributed by atoms with Crippen LogP contribution in [0.25, 0.3) is 0 Å². The van der Waals surface area contributed by atoms with Crippen molar-refractivity contribution in [2.24, 2.45) is 0 Å². The molecule has 1 fully saturated rings. The third kappa shape index (κ3) is 3.12. The Balaban J connectivity index is 1.67. The number of nitrogens with one attached hydrogen (secondary N) is 2. The number of nitrogens with zero attached hydrogens (tertiary/aromatic N) is 1. The molecule has 3 rings (SSSR count). The van der Waals surface area contributed by atoms with Gasteiger partial charge in [-0.25, -0.2) is 4.39 Å². The summed E-state index contributed by atoms with van der Waals surface area (Å²) in [7, 11) is 0. The summed E-state index contributed by atoms with van der Waals surface area (Å²) in [5.74, 6) is -0.244. The minimum Gasteiger partial charge on any atom is -0.369 e. The first-order valence-corrected chi connectivity index (χ1v) is 6.62. The molecule has 2 heterocycles. The molecule has 4 nitrogen and oxygen atoms in total. The lowest BCUT2D eigenvalue weighted by atomic mass is 10.2. The average molecular weight is 273 g/mol. The summed E-state index contributed by atoms with van der Waals surface area (Å²) in [5, 5.41) is 6.45. The van der Waals surface area contributed by atoms with E-state index in [-0.39, 0.29) is 11.9 Å². The average Bonchev–Trinajstić information content (AvgIpc) is 2.51. The first-order valence-electron chi connectivity index (χ1n) is 6.62. The molecule has 5 heteroatoms. The zero-order chi connectivity index (χ0) is 13.8. The third-order valence-corrected chi connectivity index (χ3v) is 3.18. The van der Waals surface area contributed by atoms with E-state index >= 15 is 0 Å². The number of hydrogen-bond acceptors (Lipinski definition) is 4. The molecule has 20 heavy (non-hydrogen) atoms. The lowest BCUT2D eigenvalue weighted by Crippen LogP contribution is -2.33. The zero-order valence-electron chi connectivity index (χ0n) is 11.0. The van der Waals surface area contributed by atoms with Crippen LogP contribution in [0.5, 0.6) is 0 Å². The third-order valence-electron chi connectivity index (χ3n) is 3.18. The van der Waals surface area contributed by atoms with Gasteiger partial charge in [0.1, 0.15) is 11.9 Å². The van der Waals surface area contributed by atoms with Gasteiger partial charge in [-0.05, 0) is 36.4 Å². The first-order chi connectivity index (χ1) is 9.81. The summed E-state index contributed by atoms with van der Waals surface area (Å²) in [6.07, 6.45) is 1.78. The molecular formula is C15H16FN3O. The Morgan fingerprint density at radius 1 is 1.15 bits per heavy atom. The van der Waals surface area contributed by atoms with Gasteiger partial charge in [0.15, 0.2) is 0 Å². The SMILES string of the molecule is Fc1ccc(Nc2ccc(C3CNCCO3)nc2)cc1. The van der Waals surface area contributed by atoms with Gasteiger partial charge in [0, 0.05) is 18.8 Å². The van der Waals surface area contributed by atoms with E-state index in [2.05, 4.69) is 15.6 Å². The zero-order valence-corrected chi connectivity index (χ0v) is 11.0. The van der Waals surface area contributed by atoms with E-state index in [0.717, 1.165) is 30.2 Å². The Labute approximate surface area is 117 Å². The number of benzene rings is 1. The number of morpholine rings is 1. The quantitative estimate of drug-likeness (QED) is 0.902. The molecule has 0 amide bonds. The maximum absolute atomic E-state index is 12.8. The molecule has 1 aliphatic rings. The number of halogens is 1. The highest BCUT2D eigenvalue weighted by Gasteiger charge is 2.16. The molecule has 0 spiro atoms. The summed E-state index contributed by atoms with van der Waals surface area (Å²) >= 11 is 0. The van der Waals surface area contributed by atoms with Crippen molar-refractivity contribution in [1.82, 2.24) is 10.3 Å². The molecule has 1 unspecified atom stereocenters. The summed E-state index contributed by atoms with van der Waals surface area (Å²) in [6.45, 7) is 2.39. The molecule has 0 saturated carbocycles. The topological polar surface area (TPSA) is 46.2 Å². The van der Waals surface area contributed by atoms with Crippen molar-refractivity contribution in [1.29, 1.82) is 0 Å². The molecule has 104 valence electrons. The molecule has 2 aromatic rings. The normalized spacial score (nSPS) is 18.8. The second-order valence-corrected chi connectivity index (χ2v) is 4.67. The molecule has 0 radical (unpaired) electrons. The van der Waals surface area contributed by atoms with E-state index < -0.39 is 0 Å². The smallest absolute Gasteiger partial charge is 0.123 e. The molecular weight excluding hydrogens is 257 g/mol. The number of rotatable bonds is 3. The van der Waals surface area contributed by atoms with Gasteiger partial charge in [0.2, 0.25) is 0 Å². The standard InChI is InChI=1S/C15H16FN3O/c16-11-1-3-12(4-2-11)19-13-5-6-14(18-9-13)15-10-17-7-8-20-15/h1-6,9,15,17,19H,7-8,10H2. The molecule has 0 bridgehead atoms. The molecule has 1 aromatic heterocycles. The van der Waals surface area contributed by atoms with Gasteiger partial charge in [-0.3, -0.25) is 4.98 Å². The first kappa shape index (κ1) is 13.0. The van der Waals surface area contributed by atoms with Crippen LogP contribution in [0, 0.1) is 5.82 Å². The largest absolute Gasteiger partial charge is 0.369 e. The molecule has 1 aromatic carbocycles. The minimum absolute atomic E-state index is 0.0172. The Morgan fingerprint density at radius 3 is 2.60 bits per heavy atom. The predicted octanol–water partition coefficient (Wildman–Crippen LogP) is 2.63. The van der Waals surface area contributed by atoms with Gasteiger partial charge in [-0.2, -0.15) is 0 Å². The van der Waals surface area contributed by atoms with Crippen molar-refractivity contribution >= 4 is 11.4 Å². The van der Waals surface area contributed by atoms with Crippen molar-refractivity contribution in [3.05, 3.63) is 54.1 Å². The van der Waals surface area contributed by atoms with E-state index in [1.165, 1.54) is 12.1 Å². The summed E-state index contributed by atoms with van der Waals surface area (Å²) in [5.41, 5.74) is 2.61. The Hall–Kier alpha value is -1.98. The van der Waals surface area contributed by atoms with Gasteiger partial charge in [0.25, 0.3) is 0 Å². The number of hydrogen-bond donors (Lipinski definition) is 2. The minimum atomic E-state index is -0.244. The van der Waals surface area contributed by atoms with Crippen molar-refractivity contribution in [2.45, 2.75) is 6.10 Å². The van der Waals surface area contributed by atoms with Crippen molar-refractivity contribution < 1.29 is 9.13 Å². The van der Waals surface area contributed by atoms with Gasteiger partial charge >= 0.3 is 0 Å². The molecule has 2 N–H and O–H groups in total. The Kier molecular flexibility index (Phi) is 3.90. The van der Waals surface area contributed by atoms with Crippen molar-refractivity contribution in [3.63, 3.8) is 0 Å². The lowest BCUT2D eigenvalue weighted by molar-refractivity contribution is 0.0250. The van der Waals surface area contributed by atoms with E-state index in [1.54, 1.807) is 18.3 Å². The number of ether oxygens (including phenoxy) is 1. The molecule has 1 atom stereocenters. The number of aromatic nitrogens is 1. The van der Waals surface area contributed by atoms with Crippen LogP contribution < -0.4 is 10.6 Å².